The average Bonchev–Trinajstić information content (AvgIpc) is 2.92. The summed E-state index contributed by atoms with van der Waals surface area (Å²) in [6, 6.07) is 26.8. The van der Waals surface area contributed by atoms with E-state index in [9.17, 15) is 13.2 Å². The van der Waals surface area contributed by atoms with E-state index in [1.165, 1.54) is 0 Å². The summed E-state index contributed by atoms with van der Waals surface area (Å²) in [5.74, 6) is 0. The molecule has 0 aliphatic heterocycles. The van der Waals surface area contributed by atoms with Gasteiger partial charge < -0.3 is 0 Å². The molecule has 0 saturated heterocycles. The van der Waals surface area contributed by atoms with Crippen molar-refractivity contribution in [3.8, 4) is 22.3 Å². The number of hydrogen-bond acceptors (Lipinski definition) is 4. The number of fused-ring (bicyclic) bond motifs is 1. The van der Waals surface area contributed by atoms with E-state index in [4.69, 9.17) is 10.5 Å². The van der Waals surface area contributed by atoms with Gasteiger partial charge >= 0.3 is 6.18 Å². The van der Waals surface area contributed by atoms with Crippen LogP contribution in [-0.2, 0) is 29.0 Å². The molecule has 200 valence electrons. The van der Waals surface area contributed by atoms with Crippen molar-refractivity contribution in [2.75, 3.05) is 13.2 Å². The Bertz CT molecular complexity index is 1310. The maximum absolute atomic E-state index is 12.4. The topological polar surface area (TPSA) is 58.9 Å². The molecule has 0 radical (unpaired) electrons. The highest BCUT2D eigenvalue weighted by Gasteiger charge is 2.25. The molecular weight excluding hydrogens is 493 g/mol. The van der Waals surface area contributed by atoms with E-state index in [2.05, 4.69) is 70.4 Å². The second-order valence-corrected chi connectivity index (χ2v) is 9.50. The lowest BCUT2D eigenvalue weighted by Crippen LogP contribution is -2.06. The molecule has 38 heavy (non-hydrogen) atoms. The van der Waals surface area contributed by atoms with Gasteiger partial charge in [0.05, 0.1) is 13.2 Å². The second-order valence-electron chi connectivity index (χ2n) is 9.50. The minimum absolute atomic E-state index is 0.149. The van der Waals surface area contributed by atoms with Gasteiger partial charge in [0, 0.05) is 6.42 Å². The van der Waals surface area contributed by atoms with Gasteiger partial charge in [0.15, 0.2) is 0 Å². The van der Waals surface area contributed by atoms with Gasteiger partial charge in [0.25, 0.3) is 0 Å². The van der Waals surface area contributed by atoms with Crippen molar-refractivity contribution < 1.29 is 33.5 Å². The molecule has 0 aliphatic carbocycles. The number of hydrogen-bond donors (Lipinski definition) is 2. The van der Waals surface area contributed by atoms with Crippen LogP contribution in [0.2, 0.25) is 0 Å². The van der Waals surface area contributed by atoms with Crippen LogP contribution in [0.15, 0.2) is 78.9 Å². The minimum atomic E-state index is -4.09. The zero-order valence-corrected chi connectivity index (χ0v) is 21.0. The number of alkyl halides is 3. The number of aryl methyl sites for hydroxylation is 1. The van der Waals surface area contributed by atoms with Gasteiger partial charge in [-0.25, -0.2) is 9.78 Å². The van der Waals surface area contributed by atoms with Crippen LogP contribution in [0.4, 0.5) is 13.2 Å². The lowest BCUT2D eigenvalue weighted by molar-refractivity contribution is -0.241. The number of halogens is 3. The van der Waals surface area contributed by atoms with Crippen LogP contribution >= 0.6 is 0 Å². The highest BCUT2D eigenvalue weighted by atomic mass is 19.4. The summed E-state index contributed by atoms with van der Waals surface area (Å²) >= 11 is 0. The van der Waals surface area contributed by atoms with Gasteiger partial charge in [-0.1, -0.05) is 72.8 Å². The molecule has 0 spiro atoms. The Labute approximate surface area is 220 Å². The summed E-state index contributed by atoms with van der Waals surface area (Å²) in [6.07, 6.45) is -2.40. The minimum Gasteiger partial charge on any atom is -0.252 e. The first-order chi connectivity index (χ1) is 18.3. The Kier molecular flexibility index (Phi) is 9.53. The largest absolute Gasteiger partial charge is 0.389 e. The van der Waals surface area contributed by atoms with Gasteiger partial charge in [0.2, 0.25) is 0 Å². The highest BCUT2D eigenvalue weighted by molar-refractivity contribution is 5.88. The molecule has 0 atom stereocenters. The van der Waals surface area contributed by atoms with Crippen LogP contribution in [0, 0.1) is 0 Å². The fourth-order valence-electron chi connectivity index (χ4n) is 4.68. The van der Waals surface area contributed by atoms with Gasteiger partial charge in [-0.15, -0.1) is 0 Å². The fourth-order valence-corrected chi connectivity index (χ4v) is 4.68. The first-order valence-electron chi connectivity index (χ1n) is 12.7. The highest BCUT2D eigenvalue weighted by Crippen LogP contribution is 2.30. The van der Waals surface area contributed by atoms with Gasteiger partial charge in [-0.3, -0.25) is 10.5 Å². The van der Waals surface area contributed by atoms with Crippen molar-refractivity contribution >= 4 is 10.8 Å². The van der Waals surface area contributed by atoms with Gasteiger partial charge in [-0.2, -0.15) is 13.2 Å². The van der Waals surface area contributed by atoms with Crippen molar-refractivity contribution in [3.63, 3.8) is 0 Å². The molecule has 0 unspecified atom stereocenters. The van der Waals surface area contributed by atoms with Crippen LogP contribution in [-0.4, -0.2) is 29.9 Å². The smallest absolute Gasteiger partial charge is 0.252 e. The molecule has 0 aliphatic rings. The predicted molar refractivity (Wildman–Crippen MR) is 143 cm³/mol. The van der Waals surface area contributed by atoms with E-state index in [0.717, 1.165) is 49.7 Å². The normalized spacial score (nSPS) is 11.8. The maximum Gasteiger partial charge on any atom is 0.389 e. The molecule has 4 aromatic rings. The summed E-state index contributed by atoms with van der Waals surface area (Å²) in [5.41, 5.74) is 7.31. The van der Waals surface area contributed by atoms with E-state index in [1.807, 2.05) is 18.2 Å². The Morgan fingerprint density at radius 3 is 1.68 bits per heavy atom. The standard InChI is InChI=1S/C31H31F3O4/c32-31(33,34)14-2-1-3-22-4-5-29-21-28(11-10-27(29)18-22)25-6-8-26(9-7-25)30-19-23(12-15-37-35)17-24(20-30)13-16-38-36/h4-11,17-21,35-36H,1-3,12-16H2. The number of benzene rings is 4. The monoisotopic (exact) mass is 524 g/mol. The summed E-state index contributed by atoms with van der Waals surface area (Å²) in [5, 5.41) is 19.6. The molecule has 0 heterocycles. The van der Waals surface area contributed by atoms with E-state index in [-0.39, 0.29) is 19.6 Å². The summed E-state index contributed by atoms with van der Waals surface area (Å²) in [4.78, 5) is 8.49. The fraction of sp³-hybridized carbons (Fsp3) is 0.290. The van der Waals surface area contributed by atoms with Crippen molar-refractivity contribution in [1.82, 2.24) is 0 Å². The first-order valence-corrected chi connectivity index (χ1v) is 12.7. The molecule has 4 rings (SSSR count). The molecule has 0 saturated carbocycles. The van der Waals surface area contributed by atoms with Crippen LogP contribution < -0.4 is 0 Å². The third-order valence-corrected chi connectivity index (χ3v) is 6.65. The Hall–Kier alpha value is -3.23. The van der Waals surface area contributed by atoms with Crippen LogP contribution in [0.5, 0.6) is 0 Å². The van der Waals surface area contributed by atoms with Crippen LogP contribution in [0.1, 0.15) is 36.0 Å². The summed E-state index contributed by atoms with van der Waals surface area (Å²) < 4.78 is 37.1. The molecule has 7 heteroatoms. The van der Waals surface area contributed by atoms with Crippen molar-refractivity contribution in [1.29, 1.82) is 0 Å². The second kappa shape index (κ2) is 13.0. The van der Waals surface area contributed by atoms with Crippen LogP contribution in [0.3, 0.4) is 0 Å². The number of rotatable bonds is 12. The Morgan fingerprint density at radius 2 is 1.08 bits per heavy atom. The summed E-state index contributed by atoms with van der Waals surface area (Å²) in [7, 11) is 0. The van der Waals surface area contributed by atoms with E-state index in [0.29, 0.717) is 25.7 Å². The van der Waals surface area contributed by atoms with E-state index < -0.39 is 12.6 Å². The maximum atomic E-state index is 12.4. The lowest BCUT2D eigenvalue weighted by Gasteiger charge is -2.11. The Balaban J connectivity index is 1.49. The SMILES string of the molecule is OOCCc1cc(CCOO)cc(-c2ccc(-c3ccc4cc(CCCCC(F)(F)F)ccc4c3)cc2)c1. The molecule has 0 aromatic heterocycles. The molecule has 4 nitrogen and oxygen atoms in total. The van der Waals surface area contributed by atoms with Gasteiger partial charge in [-0.05, 0) is 87.9 Å². The predicted octanol–water partition coefficient (Wildman–Crippen LogP) is 8.51. The molecule has 0 amide bonds. The third kappa shape index (κ3) is 7.88. The molecule has 4 aromatic carbocycles. The zero-order valence-electron chi connectivity index (χ0n) is 21.0. The van der Waals surface area contributed by atoms with E-state index >= 15 is 0 Å². The van der Waals surface area contributed by atoms with E-state index in [1.54, 1.807) is 0 Å². The van der Waals surface area contributed by atoms with Crippen molar-refractivity contribution in [2.24, 2.45) is 0 Å². The summed E-state index contributed by atoms with van der Waals surface area (Å²) in [6.45, 7) is 0.389. The van der Waals surface area contributed by atoms with Crippen LogP contribution in [0.25, 0.3) is 33.0 Å². The van der Waals surface area contributed by atoms with Crippen molar-refractivity contribution in [2.45, 2.75) is 44.7 Å². The lowest BCUT2D eigenvalue weighted by atomic mass is 9.95. The number of unbranched alkanes of at least 4 members (excludes halogenated alkanes) is 1. The van der Waals surface area contributed by atoms with Gasteiger partial charge in [0.1, 0.15) is 0 Å². The quantitative estimate of drug-likeness (QED) is 0.111. The first kappa shape index (κ1) is 27.8. The zero-order chi connectivity index (χ0) is 27.0. The third-order valence-electron chi connectivity index (χ3n) is 6.65. The molecule has 0 bridgehead atoms. The molecule has 2 N–H and O–H groups in total. The van der Waals surface area contributed by atoms with Crippen molar-refractivity contribution in [3.05, 3.63) is 95.6 Å². The average molecular weight is 525 g/mol. The molecule has 0 fully saturated rings. The Morgan fingerprint density at radius 1 is 0.526 bits per heavy atom. The molecular formula is C31H31F3O4.